The number of aromatic nitrogens is 2. The van der Waals surface area contributed by atoms with Gasteiger partial charge in [0.2, 0.25) is 11.8 Å². The smallest absolute Gasteiger partial charge is 0.293 e. The van der Waals surface area contributed by atoms with Gasteiger partial charge in [0.15, 0.2) is 0 Å². The first-order valence-corrected chi connectivity index (χ1v) is 32.3. The fraction of sp³-hybridized carbons (Fsp3) is 0.409. The predicted octanol–water partition coefficient (Wildman–Crippen LogP) is 9.22. The lowest BCUT2D eigenvalue weighted by Crippen LogP contribution is -2.52. The number of nitrogens with one attached hydrogen (secondary N) is 4. The van der Waals surface area contributed by atoms with E-state index < -0.39 is 43.4 Å². The number of carbonyl (C=O) groups excluding carboxylic acids is 4. The molecule has 0 radical (unpaired) electrons. The average molecular weight is 1230 g/mol. The van der Waals surface area contributed by atoms with Crippen molar-refractivity contribution in [2.24, 2.45) is 11.3 Å². The van der Waals surface area contributed by atoms with Crippen molar-refractivity contribution in [3.63, 3.8) is 0 Å². The maximum absolute atomic E-state index is 14.2. The van der Waals surface area contributed by atoms with E-state index in [4.69, 9.17) is 16.3 Å². The number of H-pyrrole nitrogens is 1. The number of likely N-dealkylation sites (tertiary alicyclic amines) is 2. The molecule has 0 bridgehead atoms. The second-order valence-corrected chi connectivity index (χ2v) is 27.0. The van der Waals surface area contributed by atoms with Crippen LogP contribution in [0.5, 0.6) is 11.5 Å². The van der Waals surface area contributed by atoms with Crippen LogP contribution in [0.25, 0.3) is 16.6 Å². The van der Waals surface area contributed by atoms with E-state index in [9.17, 15) is 37.7 Å². The van der Waals surface area contributed by atoms with E-state index >= 15 is 0 Å². The Balaban J connectivity index is 0.641. The topological polar surface area (TPSA) is 236 Å². The number of amides is 4. The number of ether oxygens (including phenoxy) is 1. The SMILES string of the molecule is CC1(C)CCC(CN2CCN(c3ccc(C(=O)NS(=O)(=O)c4ccc(NCC5CCN(C6CCN(CC#Cc7cccc8c7CN(C7CCC(=O)NC7=O)C8=O)CC6)CC5)c([N+](=O)[O-])c4)c(Oc4cnc5[nH]ccc5c4)c3)CC2)=C(c2ccc(Cl)cc2)C1. The van der Waals surface area contributed by atoms with Gasteiger partial charge >= 0.3 is 0 Å². The van der Waals surface area contributed by atoms with Gasteiger partial charge in [0.25, 0.3) is 27.5 Å². The molecule has 1 unspecified atom stereocenters. The van der Waals surface area contributed by atoms with Crippen molar-refractivity contribution in [2.75, 3.05) is 82.2 Å². The zero-order valence-corrected chi connectivity index (χ0v) is 51.1. The molecule has 0 saturated carbocycles. The number of sulfonamides is 1. The number of nitrogens with zero attached hydrogens (tertiary/aromatic N) is 7. The Morgan fingerprint density at radius 2 is 1.67 bits per heavy atom. The molecule has 458 valence electrons. The van der Waals surface area contributed by atoms with Crippen molar-refractivity contribution < 1.29 is 37.3 Å². The first kappa shape index (κ1) is 60.2. The molecule has 6 aromatic rings. The molecule has 4 amide bonds. The number of allylic oxidation sites excluding steroid dienone is 1. The van der Waals surface area contributed by atoms with Crippen LogP contribution in [0, 0.1) is 33.3 Å². The number of piperidine rings is 3. The Hall–Kier alpha value is -8.13. The van der Waals surface area contributed by atoms with Gasteiger partial charge in [-0.1, -0.05) is 61.1 Å². The summed E-state index contributed by atoms with van der Waals surface area (Å²) in [5.41, 5.74) is 7.57. The molecule has 1 atom stereocenters. The molecule has 12 rings (SSSR count). The van der Waals surface area contributed by atoms with Crippen LogP contribution in [0.15, 0.2) is 114 Å². The zero-order chi connectivity index (χ0) is 61.3. The van der Waals surface area contributed by atoms with Crippen LogP contribution < -0.4 is 25.0 Å². The van der Waals surface area contributed by atoms with E-state index in [2.05, 4.69) is 82.7 Å². The number of anilines is 2. The lowest BCUT2D eigenvalue weighted by atomic mass is 9.72. The molecule has 0 spiro atoms. The second kappa shape index (κ2) is 25.5. The van der Waals surface area contributed by atoms with E-state index in [1.165, 1.54) is 35.0 Å². The van der Waals surface area contributed by atoms with Crippen LogP contribution in [0.4, 0.5) is 17.1 Å². The molecule has 2 aromatic heterocycles. The number of benzene rings is 4. The summed E-state index contributed by atoms with van der Waals surface area (Å²) in [6.07, 6.45) is 10.7. The summed E-state index contributed by atoms with van der Waals surface area (Å²) in [7, 11) is -4.63. The summed E-state index contributed by atoms with van der Waals surface area (Å²) in [5, 5.41) is 19.6. The Labute approximate surface area is 517 Å². The fourth-order valence-electron chi connectivity index (χ4n) is 13.4. The van der Waals surface area contributed by atoms with Crippen LogP contribution in [0.3, 0.4) is 0 Å². The Morgan fingerprint density at radius 3 is 2.43 bits per heavy atom. The maximum atomic E-state index is 14.2. The number of pyridine rings is 1. The summed E-state index contributed by atoms with van der Waals surface area (Å²) in [6, 6.07) is 25.7. The van der Waals surface area contributed by atoms with Crippen LogP contribution in [0.1, 0.15) is 109 Å². The molecule has 5 aliphatic heterocycles. The molecule has 88 heavy (non-hydrogen) atoms. The number of hydrogen-bond acceptors (Lipinski definition) is 15. The molecule has 4 saturated heterocycles. The van der Waals surface area contributed by atoms with Gasteiger partial charge < -0.3 is 29.7 Å². The summed E-state index contributed by atoms with van der Waals surface area (Å²) in [5.74, 6) is 5.36. The van der Waals surface area contributed by atoms with Crippen molar-refractivity contribution in [1.82, 2.24) is 39.6 Å². The van der Waals surface area contributed by atoms with Gasteiger partial charge in [-0.25, -0.2) is 18.1 Å². The molecule has 1 aliphatic carbocycles. The van der Waals surface area contributed by atoms with Crippen molar-refractivity contribution in [2.45, 2.75) is 95.2 Å². The number of nitro groups is 1. The summed E-state index contributed by atoms with van der Waals surface area (Å²) in [4.78, 5) is 81.9. The minimum atomic E-state index is -4.63. The van der Waals surface area contributed by atoms with E-state index in [0.29, 0.717) is 55.6 Å². The Bertz CT molecular complexity index is 3910. The Kier molecular flexibility index (Phi) is 17.5. The molecule has 22 heteroatoms. The minimum Gasteiger partial charge on any atom is -0.455 e. The number of imide groups is 1. The highest BCUT2D eigenvalue weighted by atomic mass is 35.5. The third-order valence-corrected chi connectivity index (χ3v) is 20.0. The standard InChI is InChI=1S/C66H72ClN11O9S/c1-66(2)24-18-47(55(38-66)45-8-10-48(67)11-9-45)41-74-31-33-76(34-32-74)50-12-14-54(60(36-50)87-51-35-46-19-25-68-62(46)70-40-51)63(80)72-88(85,86)52-13-15-57(59(37-52)78(83)84)69-39-43-20-29-75(30-21-43)49-22-27-73(28-23-49)26-4-6-44-5-3-7-53-56(44)42-77(65(53)82)58-16-17-61(79)71-64(58)81/h3,5,7-15,19,25,35-37,40,43,49,58,69H,16-18,20-24,26-34,38-39,41-42H2,1-2H3,(H,68,70)(H,72,80)(H,71,79,81). The van der Waals surface area contributed by atoms with Gasteiger partial charge in [-0.2, -0.15) is 0 Å². The summed E-state index contributed by atoms with van der Waals surface area (Å²) >= 11 is 6.28. The maximum Gasteiger partial charge on any atom is 0.293 e. The zero-order valence-electron chi connectivity index (χ0n) is 49.5. The van der Waals surface area contributed by atoms with Crippen molar-refractivity contribution in [3.05, 3.63) is 152 Å². The quantitative estimate of drug-likeness (QED) is 0.0306. The minimum absolute atomic E-state index is 0.0516. The van der Waals surface area contributed by atoms with Crippen molar-refractivity contribution >= 4 is 78.9 Å². The molecular weight excluding hydrogens is 1160 g/mol. The average Bonchev–Trinajstić information content (AvgIpc) is 2.66. The van der Waals surface area contributed by atoms with Crippen molar-refractivity contribution in [1.29, 1.82) is 0 Å². The number of piperazine rings is 1. The summed E-state index contributed by atoms with van der Waals surface area (Å²) in [6.45, 7) is 13.5. The first-order valence-electron chi connectivity index (χ1n) is 30.4. The van der Waals surface area contributed by atoms with Crippen molar-refractivity contribution in [3.8, 4) is 23.3 Å². The number of fused-ring (bicyclic) bond motifs is 2. The molecule has 4 N–H and O–H groups in total. The largest absolute Gasteiger partial charge is 0.455 e. The second-order valence-electron chi connectivity index (χ2n) is 24.8. The highest BCUT2D eigenvalue weighted by Gasteiger charge is 2.40. The van der Waals surface area contributed by atoms with Crippen LogP contribution >= 0.6 is 11.6 Å². The number of hydrogen-bond donors (Lipinski definition) is 4. The monoisotopic (exact) mass is 1230 g/mol. The van der Waals surface area contributed by atoms with Gasteiger partial charge in [-0.05, 0) is 153 Å². The number of aromatic amines is 1. The molecular formula is C66H72ClN11O9S. The van der Waals surface area contributed by atoms with E-state index in [-0.39, 0.29) is 53.1 Å². The molecule has 4 fully saturated rings. The van der Waals surface area contributed by atoms with Crippen LogP contribution in [-0.4, -0.2) is 151 Å². The summed E-state index contributed by atoms with van der Waals surface area (Å²) < 4.78 is 36.6. The lowest BCUT2D eigenvalue weighted by molar-refractivity contribution is -0.384. The van der Waals surface area contributed by atoms with Crippen LogP contribution in [-0.2, 0) is 26.2 Å². The van der Waals surface area contributed by atoms with Gasteiger partial charge in [0.05, 0.1) is 28.1 Å². The predicted molar refractivity (Wildman–Crippen MR) is 337 cm³/mol. The van der Waals surface area contributed by atoms with E-state index in [0.717, 1.165) is 124 Å². The van der Waals surface area contributed by atoms with Gasteiger partial charge in [0, 0.05) is 117 Å². The van der Waals surface area contributed by atoms with Gasteiger partial charge in [0.1, 0.15) is 28.9 Å². The van der Waals surface area contributed by atoms with Gasteiger partial charge in [-0.3, -0.25) is 44.4 Å². The third kappa shape index (κ3) is 13.5. The number of nitro benzene ring substituents is 1. The molecule has 4 aromatic carbocycles. The highest BCUT2D eigenvalue weighted by molar-refractivity contribution is 7.90. The third-order valence-electron chi connectivity index (χ3n) is 18.5. The lowest BCUT2D eigenvalue weighted by Gasteiger charge is -2.41. The number of rotatable bonds is 16. The van der Waals surface area contributed by atoms with E-state index in [1.807, 2.05) is 30.3 Å². The highest BCUT2D eigenvalue weighted by Crippen LogP contribution is 2.44. The molecule has 20 nitrogen and oxygen atoms in total. The molecule has 7 heterocycles. The molecule has 6 aliphatic rings. The first-order chi connectivity index (χ1) is 42.4. The normalized spacial score (nSPS) is 19.9. The number of carbonyl (C=O) groups is 4. The van der Waals surface area contributed by atoms with Gasteiger partial charge in [-0.15, -0.1) is 0 Å². The fourth-order valence-corrected chi connectivity index (χ4v) is 14.5. The number of halogens is 1. The van der Waals surface area contributed by atoms with Crippen LogP contribution in [0.2, 0.25) is 5.02 Å². The van der Waals surface area contributed by atoms with E-state index in [1.54, 1.807) is 41.4 Å². The Morgan fingerprint density at radius 1 is 0.886 bits per heavy atom.